The van der Waals surface area contributed by atoms with Gasteiger partial charge in [-0.3, -0.25) is 9.59 Å². The van der Waals surface area contributed by atoms with Gasteiger partial charge in [0.25, 0.3) is 0 Å². The maximum atomic E-state index is 13.0. The third-order valence-corrected chi connectivity index (χ3v) is 4.24. The average molecular weight is 317 g/mol. The summed E-state index contributed by atoms with van der Waals surface area (Å²) in [7, 11) is 1.80. The Labute approximate surface area is 138 Å². The van der Waals surface area contributed by atoms with E-state index in [-0.39, 0.29) is 23.9 Å². The number of amides is 2. The van der Waals surface area contributed by atoms with Crippen LogP contribution in [0.5, 0.6) is 0 Å². The normalized spacial score (nSPS) is 19.6. The lowest BCUT2D eigenvalue weighted by Gasteiger charge is -2.38. The summed E-state index contributed by atoms with van der Waals surface area (Å²) < 4.78 is 0. The van der Waals surface area contributed by atoms with E-state index < -0.39 is 0 Å². The molecule has 2 amide bonds. The fraction of sp³-hybridized carbons (Fsp3) is 0.556. The number of carbonyl (C=O) groups is 2. The second kappa shape index (κ2) is 8.11. The van der Waals surface area contributed by atoms with Crippen molar-refractivity contribution < 1.29 is 9.59 Å². The molecule has 2 rings (SSSR count). The molecule has 0 unspecified atom stereocenters. The molecule has 1 aliphatic rings. The van der Waals surface area contributed by atoms with Crippen LogP contribution in [0.15, 0.2) is 30.3 Å². The molecular weight excluding hydrogens is 290 g/mol. The highest BCUT2D eigenvalue weighted by molar-refractivity contribution is 5.91. The van der Waals surface area contributed by atoms with Gasteiger partial charge in [0.15, 0.2) is 0 Å². The number of likely N-dealkylation sites (N-methyl/N-ethyl adjacent to an activating group) is 1. The first-order valence-corrected chi connectivity index (χ1v) is 8.32. The lowest BCUT2D eigenvalue weighted by Crippen LogP contribution is -2.61. The Hall–Kier alpha value is -1.88. The van der Waals surface area contributed by atoms with E-state index >= 15 is 0 Å². The predicted molar refractivity (Wildman–Crippen MR) is 91.0 cm³/mol. The highest BCUT2D eigenvalue weighted by Crippen LogP contribution is 2.17. The molecule has 0 spiro atoms. The van der Waals surface area contributed by atoms with Gasteiger partial charge in [-0.15, -0.1) is 0 Å². The highest BCUT2D eigenvalue weighted by Gasteiger charge is 2.35. The molecule has 0 radical (unpaired) electrons. The summed E-state index contributed by atoms with van der Waals surface area (Å²) in [6, 6.07) is 9.29. The number of benzene rings is 1. The number of nitrogens with one attached hydrogen (secondary N) is 2. The van der Waals surface area contributed by atoms with Gasteiger partial charge in [0, 0.05) is 13.1 Å². The molecule has 0 saturated carbocycles. The van der Waals surface area contributed by atoms with Crippen LogP contribution < -0.4 is 10.6 Å². The van der Waals surface area contributed by atoms with E-state index in [1.54, 1.807) is 11.9 Å². The van der Waals surface area contributed by atoms with Gasteiger partial charge >= 0.3 is 0 Å². The minimum atomic E-state index is -0.358. The van der Waals surface area contributed by atoms with Crippen molar-refractivity contribution >= 4 is 11.8 Å². The molecule has 1 heterocycles. The lowest BCUT2D eigenvalue weighted by molar-refractivity contribution is -0.145. The zero-order chi connectivity index (χ0) is 16.8. The van der Waals surface area contributed by atoms with Crippen LogP contribution in [-0.2, 0) is 16.0 Å². The number of nitrogens with zero attached hydrogens (tertiary/aromatic N) is 1. The van der Waals surface area contributed by atoms with E-state index in [0.717, 1.165) is 5.56 Å². The Kier molecular flexibility index (Phi) is 6.16. The van der Waals surface area contributed by atoms with Gasteiger partial charge in [-0.2, -0.15) is 0 Å². The first-order valence-electron chi connectivity index (χ1n) is 8.32. The molecule has 23 heavy (non-hydrogen) atoms. The van der Waals surface area contributed by atoms with Crippen molar-refractivity contribution in [2.75, 3.05) is 20.1 Å². The summed E-state index contributed by atoms with van der Waals surface area (Å²) in [4.78, 5) is 26.9. The maximum Gasteiger partial charge on any atom is 0.242 e. The minimum absolute atomic E-state index is 0.0110. The van der Waals surface area contributed by atoms with Crippen LogP contribution in [0.2, 0.25) is 0 Å². The van der Waals surface area contributed by atoms with Crippen LogP contribution >= 0.6 is 0 Å². The molecule has 0 aromatic heterocycles. The fourth-order valence-corrected chi connectivity index (χ4v) is 3.02. The van der Waals surface area contributed by atoms with E-state index in [4.69, 9.17) is 0 Å². The number of rotatable bonds is 6. The Morgan fingerprint density at radius 2 is 2.04 bits per heavy atom. The van der Waals surface area contributed by atoms with Crippen LogP contribution in [0.25, 0.3) is 0 Å². The molecule has 2 atom stereocenters. The molecule has 126 valence electrons. The van der Waals surface area contributed by atoms with Crippen molar-refractivity contribution in [3.8, 4) is 0 Å². The number of piperazine rings is 1. The summed E-state index contributed by atoms with van der Waals surface area (Å²) in [5.74, 6) is 0.339. The van der Waals surface area contributed by atoms with E-state index in [1.165, 1.54) is 0 Å². The van der Waals surface area contributed by atoms with Crippen molar-refractivity contribution in [3.63, 3.8) is 0 Å². The van der Waals surface area contributed by atoms with Gasteiger partial charge in [0.05, 0.1) is 6.04 Å². The van der Waals surface area contributed by atoms with E-state index in [1.807, 2.05) is 30.3 Å². The molecule has 1 saturated heterocycles. The third-order valence-electron chi connectivity index (χ3n) is 4.24. The zero-order valence-corrected chi connectivity index (χ0v) is 14.2. The van der Waals surface area contributed by atoms with E-state index in [0.29, 0.717) is 31.8 Å². The molecular formula is C18H27N3O2. The molecule has 1 aromatic carbocycles. The van der Waals surface area contributed by atoms with Crippen molar-refractivity contribution in [1.29, 1.82) is 0 Å². The topological polar surface area (TPSA) is 61.4 Å². The number of carbonyl (C=O) groups excluding carboxylic acids is 2. The van der Waals surface area contributed by atoms with Gasteiger partial charge < -0.3 is 15.5 Å². The van der Waals surface area contributed by atoms with Gasteiger partial charge in [-0.25, -0.2) is 0 Å². The Balaban J connectivity index is 2.12. The Morgan fingerprint density at radius 3 is 2.65 bits per heavy atom. The highest BCUT2D eigenvalue weighted by atomic mass is 16.2. The predicted octanol–water partition coefficient (Wildman–Crippen LogP) is 1.19. The first-order chi connectivity index (χ1) is 11.0. The van der Waals surface area contributed by atoms with Crippen LogP contribution in [0, 0.1) is 5.92 Å². The molecule has 5 heteroatoms. The van der Waals surface area contributed by atoms with Crippen LogP contribution in [0.1, 0.15) is 25.8 Å². The number of hydrogen-bond acceptors (Lipinski definition) is 3. The van der Waals surface area contributed by atoms with Gasteiger partial charge in [0.2, 0.25) is 11.8 Å². The van der Waals surface area contributed by atoms with Crippen molar-refractivity contribution in [3.05, 3.63) is 35.9 Å². The second-order valence-corrected chi connectivity index (χ2v) is 6.50. The van der Waals surface area contributed by atoms with E-state index in [9.17, 15) is 9.59 Å². The van der Waals surface area contributed by atoms with Gasteiger partial charge in [-0.05, 0) is 31.4 Å². The fourth-order valence-electron chi connectivity index (χ4n) is 3.02. The Morgan fingerprint density at radius 1 is 1.35 bits per heavy atom. The molecule has 2 N–H and O–H groups in total. The summed E-state index contributed by atoms with van der Waals surface area (Å²) in [5.41, 5.74) is 1.11. The first kappa shape index (κ1) is 17.5. The molecule has 0 aliphatic carbocycles. The average Bonchev–Trinajstić information content (AvgIpc) is 2.54. The third kappa shape index (κ3) is 4.55. The van der Waals surface area contributed by atoms with Gasteiger partial charge in [-0.1, -0.05) is 44.2 Å². The van der Waals surface area contributed by atoms with Crippen LogP contribution in [0.4, 0.5) is 0 Å². The molecule has 1 fully saturated rings. The molecule has 1 aromatic rings. The maximum absolute atomic E-state index is 13.0. The smallest absolute Gasteiger partial charge is 0.242 e. The van der Waals surface area contributed by atoms with Crippen molar-refractivity contribution in [2.45, 2.75) is 38.8 Å². The van der Waals surface area contributed by atoms with Crippen molar-refractivity contribution in [2.24, 2.45) is 5.92 Å². The quantitative estimate of drug-likeness (QED) is 0.828. The van der Waals surface area contributed by atoms with Crippen LogP contribution in [-0.4, -0.2) is 48.9 Å². The largest absolute Gasteiger partial charge is 0.353 e. The summed E-state index contributed by atoms with van der Waals surface area (Å²) >= 11 is 0. The summed E-state index contributed by atoms with van der Waals surface area (Å²) in [5, 5.41) is 5.99. The summed E-state index contributed by atoms with van der Waals surface area (Å²) in [6.07, 6.45) is 1.32. The summed E-state index contributed by atoms with van der Waals surface area (Å²) in [6.45, 7) is 5.25. The SMILES string of the molecule is CN[C@@H](Cc1ccccc1)C(=O)N1CCNC(=O)[C@H]1CC(C)C. The molecule has 5 nitrogen and oxygen atoms in total. The van der Waals surface area contributed by atoms with E-state index in [2.05, 4.69) is 24.5 Å². The standard InChI is InChI=1S/C18H27N3O2/c1-13(2)11-16-17(22)20-9-10-21(16)18(23)15(19-3)12-14-7-5-4-6-8-14/h4-8,13,15-16,19H,9-12H2,1-3H3,(H,20,22)/t15-,16+/m0/s1. The monoisotopic (exact) mass is 317 g/mol. The lowest BCUT2D eigenvalue weighted by atomic mass is 9.98. The molecule has 1 aliphatic heterocycles. The number of hydrogen-bond donors (Lipinski definition) is 2. The second-order valence-electron chi connectivity index (χ2n) is 6.50. The Bertz CT molecular complexity index is 530. The molecule has 0 bridgehead atoms. The zero-order valence-electron chi connectivity index (χ0n) is 14.2. The minimum Gasteiger partial charge on any atom is -0.353 e. The van der Waals surface area contributed by atoms with Gasteiger partial charge in [0.1, 0.15) is 6.04 Å². The van der Waals surface area contributed by atoms with Crippen LogP contribution in [0.3, 0.4) is 0 Å². The van der Waals surface area contributed by atoms with Crippen molar-refractivity contribution in [1.82, 2.24) is 15.5 Å².